The number of carbonyl (C=O) groups is 2. The van der Waals surface area contributed by atoms with Gasteiger partial charge in [-0.25, -0.2) is 4.79 Å². The van der Waals surface area contributed by atoms with Gasteiger partial charge in [0.1, 0.15) is 5.60 Å². The Kier molecular flexibility index (Phi) is 6.21. The van der Waals surface area contributed by atoms with E-state index >= 15 is 0 Å². The quantitative estimate of drug-likeness (QED) is 0.700. The molecule has 130 valence electrons. The fraction of sp³-hybridized carbons (Fsp3) is 0.474. The molecular weight excluding hydrogens is 370 g/mol. The summed E-state index contributed by atoms with van der Waals surface area (Å²) in [5.74, 6) is 0.108. The molecule has 2 rings (SSSR count). The first-order chi connectivity index (χ1) is 11.2. The number of piperidine rings is 1. The van der Waals surface area contributed by atoms with Gasteiger partial charge in [-0.05, 0) is 57.4 Å². The van der Waals surface area contributed by atoms with E-state index in [1.165, 1.54) is 0 Å². The molecule has 1 aromatic rings. The zero-order valence-corrected chi connectivity index (χ0v) is 16.0. The van der Waals surface area contributed by atoms with E-state index in [9.17, 15) is 9.59 Å². The van der Waals surface area contributed by atoms with E-state index in [0.717, 1.165) is 10.0 Å². The molecule has 0 atom stereocenters. The van der Waals surface area contributed by atoms with Crippen LogP contribution in [0.25, 0.3) is 6.08 Å². The first kappa shape index (κ1) is 18.7. The van der Waals surface area contributed by atoms with E-state index in [0.29, 0.717) is 25.9 Å². The normalized spacial score (nSPS) is 16.4. The number of nitrogens with zero attached hydrogens (tertiary/aromatic N) is 1. The molecule has 1 amide bonds. The molecule has 24 heavy (non-hydrogen) atoms. The highest BCUT2D eigenvalue weighted by Gasteiger charge is 2.28. The molecule has 1 heterocycles. The Labute approximate surface area is 152 Å². The van der Waals surface area contributed by atoms with Gasteiger partial charge in [-0.15, -0.1) is 0 Å². The molecule has 0 bridgehead atoms. The van der Waals surface area contributed by atoms with E-state index < -0.39 is 5.60 Å². The number of ether oxygens (including phenoxy) is 1. The van der Waals surface area contributed by atoms with Crippen LogP contribution in [0, 0.1) is 5.92 Å². The van der Waals surface area contributed by atoms with Crippen molar-refractivity contribution in [2.45, 2.75) is 39.2 Å². The molecule has 0 radical (unpaired) electrons. The Balaban J connectivity index is 1.84. The van der Waals surface area contributed by atoms with Crippen molar-refractivity contribution >= 4 is 33.9 Å². The summed E-state index contributed by atoms with van der Waals surface area (Å²) in [4.78, 5) is 26.0. The third-order valence-electron chi connectivity index (χ3n) is 3.86. The van der Waals surface area contributed by atoms with Crippen LogP contribution in [0.4, 0.5) is 4.79 Å². The summed E-state index contributed by atoms with van der Waals surface area (Å²) in [6, 6.07) is 7.81. The van der Waals surface area contributed by atoms with Gasteiger partial charge in [0.2, 0.25) is 0 Å². The Morgan fingerprint density at radius 3 is 2.29 bits per heavy atom. The molecule has 5 heteroatoms. The third kappa shape index (κ3) is 5.78. The van der Waals surface area contributed by atoms with Gasteiger partial charge in [0, 0.05) is 23.5 Å². The zero-order valence-electron chi connectivity index (χ0n) is 14.4. The minimum absolute atomic E-state index is 0.0182. The second-order valence-electron chi connectivity index (χ2n) is 7.03. The monoisotopic (exact) mass is 393 g/mol. The van der Waals surface area contributed by atoms with Crippen LogP contribution in [-0.4, -0.2) is 35.5 Å². The molecule has 0 aliphatic carbocycles. The van der Waals surface area contributed by atoms with Gasteiger partial charge in [0.25, 0.3) is 0 Å². The summed E-state index contributed by atoms with van der Waals surface area (Å²) < 4.78 is 6.39. The number of hydrogen-bond donors (Lipinski definition) is 0. The van der Waals surface area contributed by atoms with Crippen LogP contribution in [-0.2, 0) is 9.53 Å². The number of rotatable bonds is 3. The summed E-state index contributed by atoms with van der Waals surface area (Å²) in [5, 5.41) is 0. The predicted octanol–water partition coefficient (Wildman–Crippen LogP) is 4.68. The highest BCUT2D eigenvalue weighted by Crippen LogP contribution is 2.21. The molecule has 0 N–H and O–H groups in total. The van der Waals surface area contributed by atoms with Gasteiger partial charge in [0.05, 0.1) is 0 Å². The van der Waals surface area contributed by atoms with E-state index in [1.807, 2.05) is 51.1 Å². The fourth-order valence-corrected chi connectivity index (χ4v) is 2.83. The second kappa shape index (κ2) is 7.97. The molecule has 1 aliphatic rings. The van der Waals surface area contributed by atoms with Crippen LogP contribution in [0.5, 0.6) is 0 Å². The average Bonchev–Trinajstić information content (AvgIpc) is 2.52. The van der Waals surface area contributed by atoms with Crippen LogP contribution in [0.1, 0.15) is 39.2 Å². The van der Waals surface area contributed by atoms with Crippen molar-refractivity contribution in [2.24, 2.45) is 5.92 Å². The Bertz CT molecular complexity index is 608. The topological polar surface area (TPSA) is 46.6 Å². The Morgan fingerprint density at radius 2 is 1.75 bits per heavy atom. The molecule has 4 nitrogen and oxygen atoms in total. The Morgan fingerprint density at radius 1 is 1.17 bits per heavy atom. The van der Waals surface area contributed by atoms with Crippen LogP contribution in [0.3, 0.4) is 0 Å². The van der Waals surface area contributed by atoms with Crippen LogP contribution in [0.2, 0.25) is 0 Å². The molecule has 1 saturated heterocycles. The van der Waals surface area contributed by atoms with E-state index in [-0.39, 0.29) is 17.8 Å². The molecule has 0 unspecified atom stereocenters. The zero-order chi connectivity index (χ0) is 17.7. The molecule has 1 fully saturated rings. The van der Waals surface area contributed by atoms with Crippen LogP contribution >= 0.6 is 15.9 Å². The average molecular weight is 394 g/mol. The molecule has 0 spiro atoms. The maximum absolute atomic E-state index is 12.3. The Hall–Kier alpha value is -1.62. The summed E-state index contributed by atoms with van der Waals surface area (Å²) in [6.07, 6.45) is 4.57. The van der Waals surface area contributed by atoms with Crippen molar-refractivity contribution in [3.8, 4) is 0 Å². The lowest BCUT2D eigenvalue weighted by Crippen LogP contribution is -2.42. The van der Waals surface area contributed by atoms with Crippen molar-refractivity contribution in [1.29, 1.82) is 0 Å². The number of amides is 1. The SMILES string of the molecule is CC(C)(C)OC(=O)N1CCC(C(=O)/C=C/c2ccc(Br)cc2)CC1. The molecule has 1 aromatic carbocycles. The number of hydrogen-bond acceptors (Lipinski definition) is 3. The molecule has 0 saturated carbocycles. The van der Waals surface area contributed by atoms with Gasteiger partial charge in [0.15, 0.2) is 5.78 Å². The second-order valence-corrected chi connectivity index (χ2v) is 7.94. The van der Waals surface area contributed by atoms with E-state index in [4.69, 9.17) is 4.74 Å². The standard InChI is InChI=1S/C19H24BrNO3/c1-19(2,3)24-18(23)21-12-10-15(11-13-21)17(22)9-6-14-4-7-16(20)8-5-14/h4-9,15H,10-13H2,1-3H3/b9-6+. The maximum Gasteiger partial charge on any atom is 0.410 e. The lowest BCUT2D eigenvalue weighted by atomic mass is 9.92. The highest BCUT2D eigenvalue weighted by atomic mass is 79.9. The number of carbonyl (C=O) groups excluding carboxylic acids is 2. The van der Waals surface area contributed by atoms with E-state index in [2.05, 4.69) is 15.9 Å². The van der Waals surface area contributed by atoms with E-state index in [1.54, 1.807) is 11.0 Å². The summed E-state index contributed by atoms with van der Waals surface area (Å²) in [7, 11) is 0. The fourth-order valence-electron chi connectivity index (χ4n) is 2.56. The van der Waals surface area contributed by atoms with Crippen LogP contribution in [0.15, 0.2) is 34.8 Å². The van der Waals surface area contributed by atoms with Gasteiger partial charge in [-0.1, -0.05) is 34.1 Å². The van der Waals surface area contributed by atoms with Crippen LogP contribution < -0.4 is 0 Å². The summed E-state index contributed by atoms with van der Waals surface area (Å²) in [6.45, 7) is 6.70. The molecular formula is C19H24BrNO3. The lowest BCUT2D eigenvalue weighted by molar-refractivity contribution is -0.119. The van der Waals surface area contributed by atoms with Crippen molar-refractivity contribution < 1.29 is 14.3 Å². The summed E-state index contributed by atoms with van der Waals surface area (Å²) in [5.41, 5.74) is 0.509. The van der Waals surface area contributed by atoms with Gasteiger partial charge in [-0.3, -0.25) is 4.79 Å². The van der Waals surface area contributed by atoms with Crippen molar-refractivity contribution in [3.05, 3.63) is 40.4 Å². The summed E-state index contributed by atoms with van der Waals surface area (Å²) >= 11 is 3.39. The lowest BCUT2D eigenvalue weighted by Gasteiger charge is -2.32. The number of halogens is 1. The van der Waals surface area contributed by atoms with Crippen molar-refractivity contribution in [1.82, 2.24) is 4.90 Å². The minimum atomic E-state index is -0.489. The maximum atomic E-state index is 12.3. The smallest absolute Gasteiger partial charge is 0.410 e. The van der Waals surface area contributed by atoms with Crippen molar-refractivity contribution in [3.63, 3.8) is 0 Å². The first-order valence-corrected chi connectivity index (χ1v) is 8.99. The minimum Gasteiger partial charge on any atom is -0.444 e. The number of benzene rings is 1. The van der Waals surface area contributed by atoms with Gasteiger partial charge in [-0.2, -0.15) is 0 Å². The highest BCUT2D eigenvalue weighted by molar-refractivity contribution is 9.10. The molecule has 0 aromatic heterocycles. The number of ketones is 1. The largest absolute Gasteiger partial charge is 0.444 e. The van der Waals surface area contributed by atoms with Crippen molar-refractivity contribution in [2.75, 3.05) is 13.1 Å². The number of allylic oxidation sites excluding steroid dienone is 1. The predicted molar refractivity (Wildman–Crippen MR) is 98.7 cm³/mol. The van der Waals surface area contributed by atoms with Gasteiger partial charge < -0.3 is 9.64 Å². The molecule has 1 aliphatic heterocycles. The third-order valence-corrected chi connectivity index (χ3v) is 4.39. The van der Waals surface area contributed by atoms with Gasteiger partial charge >= 0.3 is 6.09 Å². The number of likely N-dealkylation sites (tertiary alicyclic amines) is 1. The first-order valence-electron chi connectivity index (χ1n) is 8.20.